The zero-order valence-electron chi connectivity index (χ0n) is 18.4. The van der Waals surface area contributed by atoms with Gasteiger partial charge in [0, 0.05) is 23.6 Å². The molecule has 174 valence electrons. The SMILES string of the molecule is COc1cccc(N2C(=O)NC3CC(c4nc(-c5ccc6c(c5)OCO6)no4)CCC3C2=O)c1. The van der Waals surface area contributed by atoms with Crippen LogP contribution >= 0.6 is 0 Å². The number of methoxy groups -OCH3 is 1. The molecule has 3 aromatic rings. The molecule has 3 heterocycles. The van der Waals surface area contributed by atoms with E-state index in [0.29, 0.717) is 53.9 Å². The molecule has 3 aliphatic rings. The zero-order chi connectivity index (χ0) is 23.2. The molecule has 0 spiro atoms. The lowest BCUT2D eigenvalue weighted by Crippen LogP contribution is -2.61. The maximum Gasteiger partial charge on any atom is 0.328 e. The Kier molecular flexibility index (Phi) is 4.86. The highest BCUT2D eigenvalue weighted by Crippen LogP contribution is 2.40. The Morgan fingerprint density at radius 3 is 2.85 bits per heavy atom. The number of rotatable bonds is 4. The molecule has 34 heavy (non-hydrogen) atoms. The summed E-state index contributed by atoms with van der Waals surface area (Å²) in [5.74, 6) is 2.32. The van der Waals surface area contributed by atoms with E-state index in [0.717, 1.165) is 5.56 Å². The van der Waals surface area contributed by atoms with E-state index in [2.05, 4.69) is 15.5 Å². The first-order chi connectivity index (χ1) is 16.6. The second kappa shape index (κ2) is 8.05. The number of nitrogens with zero attached hydrogens (tertiary/aromatic N) is 3. The number of carbonyl (C=O) groups excluding carboxylic acids is 2. The molecular formula is C24H22N4O6. The number of hydrogen-bond acceptors (Lipinski definition) is 8. The third-order valence-electron chi connectivity index (χ3n) is 6.63. The number of ether oxygens (including phenoxy) is 3. The van der Waals surface area contributed by atoms with Gasteiger partial charge in [-0.1, -0.05) is 11.2 Å². The van der Waals surface area contributed by atoms with Crippen LogP contribution in [0.3, 0.4) is 0 Å². The first-order valence-corrected chi connectivity index (χ1v) is 11.1. The molecule has 1 saturated heterocycles. The molecule has 1 aliphatic carbocycles. The molecule has 6 rings (SSSR count). The largest absolute Gasteiger partial charge is 0.497 e. The third kappa shape index (κ3) is 3.42. The van der Waals surface area contributed by atoms with Gasteiger partial charge in [0.25, 0.3) is 0 Å². The highest BCUT2D eigenvalue weighted by molar-refractivity contribution is 6.17. The fourth-order valence-electron chi connectivity index (χ4n) is 4.89. The molecule has 3 atom stereocenters. The minimum atomic E-state index is -0.438. The summed E-state index contributed by atoms with van der Waals surface area (Å²) in [6.07, 6.45) is 1.87. The molecule has 0 bridgehead atoms. The van der Waals surface area contributed by atoms with Gasteiger partial charge in [0.2, 0.25) is 24.4 Å². The Morgan fingerprint density at radius 2 is 1.97 bits per heavy atom. The van der Waals surface area contributed by atoms with Crippen LogP contribution in [0, 0.1) is 5.92 Å². The van der Waals surface area contributed by atoms with Crippen LogP contribution < -0.4 is 24.4 Å². The van der Waals surface area contributed by atoms with Crippen LogP contribution in [0.15, 0.2) is 47.0 Å². The quantitative estimate of drug-likeness (QED) is 0.627. The summed E-state index contributed by atoms with van der Waals surface area (Å²) in [5, 5.41) is 7.14. The summed E-state index contributed by atoms with van der Waals surface area (Å²) in [6.45, 7) is 0.195. The van der Waals surface area contributed by atoms with Gasteiger partial charge in [0.15, 0.2) is 11.5 Å². The lowest BCUT2D eigenvalue weighted by atomic mass is 9.76. The van der Waals surface area contributed by atoms with Crippen molar-refractivity contribution in [3.8, 4) is 28.6 Å². The van der Waals surface area contributed by atoms with E-state index < -0.39 is 6.03 Å². The summed E-state index contributed by atoms with van der Waals surface area (Å²) in [6, 6.07) is 11.7. The highest BCUT2D eigenvalue weighted by Gasteiger charge is 2.46. The number of benzene rings is 2. The minimum absolute atomic E-state index is 0.0482. The number of hydrogen-bond donors (Lipinski definition) is 1. The molecular weight excluding hydrogens is 440 g/mol. The number of amides is 3. The van der Waals surface area contributed by atoms with Gasteiger partial charge in [-0.05, 0) is 49.6 Å². The number of carbonyl (C=O) groups is 2. The Balaban J connectivity index is 1.18. The first-order valence-electron chi connectivity index (χ1n) is 11.1. The van der Waals surface area contributed by atoms with E-state index in [1.807, 2.05) is 18.2 Å². The van der Waals surface area contributed by atoms with Gasteiger partial charge >= 0.3 is 6.03 Å². The van der Waals surface area contributed by atoms with Crippen LogP contribution in [0.25, 0.3) is 11.4 Å². The molecule has 0 radical (unpaired) electrons. The van der Waals surface area contributed by atoms with Crippen molar-refractivity contribution in [1.82, 2.24) is 15.5 Å². The van der Waals surface area contributed by atoms with Gasteiger partial charge in [-0.25, -0.2) is 9.69 Å². The molecule has 1 aromatic heterocycles. The maximum atomic E-state index is 13.2. The Labute approximate surface area is 194 Å². The number of fused-ring (bicyclic) bond motifs is 2. The second-order valence-electron chi connectivity index (χ2n) is 8.57. The molecule has 2 aliphatic heterocycles. The van der Waals surface area contributed by atoms with Crippen molar-refractivity contribution in [1.29, 1.82) is 0 Å². The topological polar surface area (TPSA) is 116 Å². The average molecular weight is 462 g/mol. The van der Waals surface area contributed by atoms with Crippen LogP contribution in [-0.2, 0) is 4.79 Å². The van der Waals surface area contributed by atoms with E-state index in [9.17, 15) is 9.59 Å². The highest BCUT2D eigenvalue weighted by atomic mass is 16.7. The maximum absolute atomic E-state index is 13.2. The van der Waals surface area contributed by atoms with Gasteiger partial charge in [-0.2, -0.15) is 4.98 Å². The third-order valence-corrected chi connectivity index (χ3v) is 6.63. The molecule has 1 N–H and O–H groups in total. The van der Waals surface area contributed by atoms with Crippen LogP contribution in [0.2, 0.25) is 0 Å². The predicted molar refractivity (Wildman–Crippen MR) is 119 cm³/mol. The van der Waals surface area contributed by atoms with Gasteiger partial charge in [-0.15, -0.1) is 0 Å². The summed E-state index contributed by atoms with van der Waals surface area (Å²) in [4.78, 5) is 31.9. The van der Waals surface area contributed by atoms with Gasteiger partial charge in [0.05, 0.1) is 18.7 Å². The minimum Gasteiger partial charge on any atom is -0.497 e. The van der Waals surface area contributed by atoms with Gasteiger partial charge < -0.3 is 24.1 Å². The lowest BCUT2D eigenvalue weighted by molar-refractivity contribution is -0.124. The number of anilines is 1. The molecule has 3 amide bonds. The molecule has 2 aromatic carbocycles. The smallest absolute Gasteiger partial charge is 0.328 e. The summed E-state index contributed by atoms with van der Waals surface area (Å²) >= 11 is 0. The first kappa shape index (κ1) is 20.5. The number of urea groups is 1. The van der Waals surface area contributed by atoms with Crippen LogP contribution in [0.4, 0.5) is 10.5 Å². The van der Waals surface area contributed by atoms with E-state index in [-0.39, 0.29) is 30.6 Å². The summed E-state index contributed by atoms with van der Waals surface area (Å²) < 4.78 is 21.6. The van der Waals surface area contributed by atoms with E-state index in [1.54, 1.807) is 31.4 Å². The van der Waals surface area contributed by atoms with Crippen molar-refractivity contribution in [3.63, 3.8) is 0 Å². The number of nitrogens with one attached hydrogen (secondary N) is 1. The number of imide groups is 1. The van der Waals surface area contributed by atoms with Crippen LogP contribution in [0.5, 0.6) is 17.2 Å². The average Bonchev–Trinajstić information content (AvgIpc) is 3.53. The van der Waals surface area contributed by atoms with E-state index >= 15 is 0 Å². The Morgan fingerprint density at radius 1 is 1.09 bits per heavy atom. The lowest BCUT2D eigenvalue weighted by Gasteiger charge is -2.41. The van der Waals surface area contributed by atoms with E-state index in [1.165, 1.54) is 4.90 Å². The second-order valence-corrected chi connectivity index (χ2v) is 8.57. The standard InChI is InChI=1S/C24H22N4O6/c1-31-16-4-2-3-15(11-16)28-23(29)17-7-5-14(9-18(17)25-24(28)30)22-26-21(27-34-22)13-6-8-19-20(10-13)33-12-32-19/h2-4,6,8,10-11,14,17-18H,5,7,9,12H2,1H3,(H,25,30). The van der Waals surface area contributed by atoms with Crippen molar-refractivity contribution >= 4 is 17.6 Å². The predicted octanol–water partition coefficient (Wildman–Crippen LogP) is 3.48. The zero-order valence-corrected chi connectivity index (χ0v) is 18.4. The van der Waals surface area contributed by atoms with E-state index in [4.69, 9.17) is 18.7 Å². The molecule has 1 saturated carbocycles. The fraction of sp³-hybridized carbons (Fsp3) is 0.333. The number of aromatic nitrogens is 2. The van der Waals surface area contributed by atoms with Crippen molar-refractivity contribution in [2.45, 2.75) is 31.2 Å². The van der Waals surface area contributed by atoms with Crippen molar-refractivity contribution in [2.75, 3.05) is 18.8 Å². The van der Waals surface area contributed by atoms with Gasteiger partial charge in [0.1, 0.15) is 5.75 Å². The molecule has 3 unspecified atom stereocenters. The van der Waals surface area contributed by atoms with Crippen LogP contribution in [-0.4, -0.2) is 42.0 Å². The van der Waals surface area contributed by atoms with Crippen molar-refractivity contribution in [3.05, 3.63) is 48.4 Å². The Hall–Kier alpha value is -4.08. The molecule has 2 fully saturated rings. The van der Waals surface area contributed by atoms with Crippen molar-refractivity contribution < 1.29 is 28.3 Å². The van der Waals surface area contributed by atoms with Crippen LogP contribution in [0.1, 0.15) is 31.1 Å². The summed E-state index contributed by atoms with van der Waals surface area (Å²) in [5.41, 5.74) is 1.26. The summed E-state index contributed by atoms with van der Waals surface area (Å²) in [7, 11) is 1.55. The fourth-order valence-corrected chi connectivity index (χ4v) is 4.89. The normalized spacial score (nSPS) is 23.4. The monoisotopic (exact) mass is 462 g/mol. The molecule has 10 heteroatoms. The molecule has 10 nitrogen and oxygen atoms in total. The van der Waals surface area contributed by atoms with Gasteiger partial charge in [-0.3, -0.25) is 4.79 Å². The Bertz CT molecular complexity index is 1270. The van der Waals surface area contributed by atoms with Crippen molar-refractivity contribution in [2.24, 2.45) is 5.92 Å².